The van der Waals surface area contributed by atoms with Gasteiger partial charge in [-0.15, -0.1) is 0 Å². The number of nitriles is 1. The van der Waals surface area contributed by atoms with Gasteiger partial charge in [0.2, 0.25) is 5.91 Å². The topological polar surface area (TPSA) is 109 Å². The van der Waals surface area contributed by atoms with Gasteiger partial charge in [0.05, 0.1) is 28.7 Å². The Morgan fingerprint density at radius 3 is 2.54 bits per heavy atom. The van der Waals surface area contributed by atoms with E-state index in [1.807, 2.05) is 38.1 Å². The molecule has 1 aliphatic rings. The summed E-state index contributed by atoms with van der Waals surface area (Å²) in [6.45, 7) is 3.43. The van der Waals surface area contributed by atoms with E-state index in [4.69, 9.17) is 21.1 Å². The smallest absolute Gasteiger partial charge is 0.294 e. The molecule has 3 aromatic rings. The maximum atomic E-state index is 13.0. The van der Waals surface area contributed by atoms with Gasteiger partial charge in [-0.3, -0.25) is 19.3 Å². The van der Waals surface area contributed by atoms with Crippen LogP contribution in [0.25, 0.3) is 6.08 Å². The van der Waals surface area contributed by atoms with E-state index in [1.54, 1.807) is 30.3 Å². The number of methoxy groups -OCH3 is 1. The molecule has 0 saturated carbocycles. The van der Waals surface area contributed by atoms with Crippen molar-refractivity contribution in [3.05, 3.63) is 92.3 Å². The van der Waals surface area contributed by atoms with Gasteiger partial charge in [0.25, 0.3) is 11.1 Å². The van der Waals surface area contributed by atoms with E-state index < -0.39 is 23.6 Å². The summed E-state index contributed by atoms with van der Waals surface area (Å²) in [5, 5.41) is 11.8. The SMILES string of the molecule is COc1cc(/C=C2\SC(=O)N(CC(=O)Nc3c(C)cccc3C)C2=O)cc(Cl)c1OCc1ccccc1C#N. The number of nitrogens with one attached hydrogen (secondary N) is 1. The van der Waals surface area contributed by atoms with E-state index in [0.717, 1.165) is 27.8 Å². The highest BCUT2D eigenvalue weighted by Gasteiger charge is 2.36. The summed E-state index contributed by atoms with van der Waals surface area (Å²) in [6.07, 6.45) is 1.51. The molecule has 0 radical (unpaired) electrons. The van der Waals surface area contributed by atoms with E-state index >= 15 is 0 Å². The highest BCUT2D eigenvalue weighted by Crippen LogP contribution is 2.39. The third-order valence-corrected chi connectivity index (χ3v) is 7.17. The van der Waals surface area contributed by atoms with Crippen LogP contribution < -0.4 is 14.8 Å². The Balaban J connectivity index is 1.49. The van der Waals surface area contributed by atoms with Gasteiger partial charge in [0.1, 0.15) is 13.2 Å². The Morgan fingerprint density at radius 1 is 1.13 bits per heavy atom. The molecule has 3 amide bonds. The van der Waals surface area contributed by atoms with Gasteiger partial charge in [-0.2, -0.15) is 5.26 Å². The molecular weight excluding hydrogens is 538 g/mol. The molecule has 0 aliphatic carbocycles. The maximum absolute atomic E-state index is 13.0. The van der Waals surface area contributed by atoms with Crippen molar-refractivity contribution in [3.8, 4) is 17.6 Å². The molecule has 1 aliphatic heterocycles. The Kier molecular flexibility index (Phi) is 8.59. The van der Waals surface area contributed by atoms with E-state index in [-0.39, 0.29) is 22.3 Å². The fourth-order valence-electron chi connectivity index (χ4n) is 3.99. The van der Waals surface area contributed by atoms with E-state index in [9.17, 15) is 19.6 Å². The molecule has 1 fully saturated rings. The summed E-state index contributed by atoms with van der Waals surface area (Å²) >= 11 is 7.22. The van der Waals surface area contributed by atoms with Crippen LogP contribution in [0.15, 0.2) is 59.5 Å². The van der Waals surface area contributed by atoms with Crippen LogP contribution in [-0.2, 0) is 16.2 Å². The first-order valence-electron chi connectivity index (χ1n) is 11.8. The Labute approximate surface area is 235 Å². The summed E-state index contributed by atoms with van der Waals surface area (Å²) in [4.78, 5) is 39.3. The van der Waals surface area contributed by atoms with Crippen molar-refractivity contribution in [3.63, 3.8) is 0 Å². The number of hydrogen-bond donors (Lipinski definition) is 1. The van der Waals surface area contributed by atoms with Crippen LogP contribution in [0.1, 0.15) is 27.8 Å². The molecule has 4 rings (SSSR count). The number of nitrogens with zero attached hydrogens (tertiary/aromatic N) is 2. The molecule has 1 heterocycles. The minimum atomic E-state index is -0.579. The molecule has 198 valence electrons. The number of benzene rings is 3. The number of rotatable bonds is 8. The van der Waals surface area contributed by atoms with Crippen molar-refractivity contribution >= 4 is 52.2 Å². The highest BCUT2D eigenvalue weighted by molar-refractivity contribution is 8.18. The van der Waals surface area contributed by atoms with Crippen molar-refractivity contribution in [2.24, 2.45) is 0 Å². The second kappa shape index (κ2) is 12.1. The summed E-state index contributed by atoms with van der Waals surface area (Å²) in [6, 6.07) is 18.0. The first-order valence-corrected chi connectivity index (χ1v) is 13.0. The number of imide groups is 1. The molecule has 10 heteroatoms. The molecule has 0 spiro atoms. The first kappa shape index (κ1) is 27.8. The maximum Gasteiger partial charge on any atom is 0.294 e. The average Bonchev–Trinajstić information content (AvgIpc) is 3.17. The number of para-hydroxylation sites is 1. The minimum absolute atomic E-state index is 0.0993. The summed E-state index contributed by atoms with van der Waals surface area (Å²) in [5.41, 5.74) is 4.10. The molecule has 1 saturated heterocycles. The lowest BCUT2D eigenvalue weighted by Gasteiger charge is -2.15. The first-order chi connectivity index (χ1) is 18.7. The number of anilines is 1. The number of amides is 3. The number of thioether (sulfide) groups is 1. The third-order valence-electron chi connectivity index (χ3n) is 5.98. The van der Waals surface area contributed by atoms with Crippen molar-refractivity contribution in [1.82, 2.24) is 4.90 Å². The zero-order chi connectivity index (χ0) is 28.1. The number of carbonyl (C=O) groups is 3. The molecule has 8 nitrogen and oxygen atoms in total. The number of ether oxygens (including phenoxy) is 2. The molecule has 0 atom stereocenters. The molecule has 3 aromatic carbocycles. The number of hydrogen-bond acceptors (Lipinski definition) is 7. The Bertz CT molecular complexity index is 1530. The predicted octanol–water partition coefficient (Wildman–Crippen LogP) is 6.09. The van der Waals surface area contributed by atoms with Crippen molar-refractivity contribution in [2.75, 3.05) is 19.0 Å². The van der Waals surface area contributed by atoms with Crippen LogP contribution in [0.4, 0.5) is 10.5 Å². The minimum Gasteiger partial charge on any atom is -0.493 e. The van der Waals surface area contributed by atoms with Crippen LogP contribution in [0.5, 0.6) is 11.5 Å². The second-order valence-corrected chi connectivity index (χ2v) is 10.1. The fourth-order valence-corrected chi connectivity index (χ4v) is 5.10. The van der Waals surface area contributed by atoms with Gasteiger partial charge in [0.15, 0.2) is 11.5 Å². The molecule has 0 bridgehead atoms. The van der Waals surface area contributed by atoms with Crippen LogP contribution in [0.3, 0.4) is 0 Å². The molecule has 1 N–H and O–H groups in total. The quantitative estimate of drug-likeness (QED) is 0.331. The monoisotopic (exact) mass is 561 g/mol. The zero-order valence-electron chi connectivity index (χ0n) is 21.4. The van der Waals surface area contributed by atoms with Gasteiger partial charge in [0, 0.05) is 11.3 Å². The Hall–Kier alpha value is -4.26. The Morgan fingerprint density at radius 2 is 1.85 bits per heavy atom. The number of halogens is 1. The molecule has 0 aromatic heterocycles. The highest BCUT2D eigenvalue weighted by atomic mass is 35.5. The van der Waals surface area contributed by atoms with Crippen LogP contribution in [-0.4, -0.2) is 35.6 Å². The van der Waals surface area contributed by atoms with Crippen LogP contribution in [0.2, 0.25) is 5.02 Å². The summed E-state index contributed by atoms with van der Waals surface area (Å²) in [5.74, 6) is -0.457. The molecule has 39 heavy (non-hydrogen) atoms. The third kappa shape index (κ3) is 6.25. The van der Waals surface area contributed by atoms with Crippen molar-refractivity contribution in [2.45, 2.75) is 20.5 Å². The van der Waals surface area contributed by atoms with Gasteiger partial charge in [-0.1, -0.05) is 48.0 Å². The normalized spacial score (nSPS) is 13.9. The van der Waals surface area contributed by atoms with Crippen LogP contribution in [0, 0.1) is 25.2 Å². The molecular formula is C29H24ClN3O5S. The van der Waals surface area contributed by atoms with Gasteiger partial charge < -0.3 is 14.8 Å². The van der Waals surface area contributed by atoms with Crippen molar-refractivity contribution in [1.29, 1.82) is 5.26 Å². The predicted molar refractivity (Wildman–Crippen MR) is 151 cm³/mol. The lowest BCUT2D eigenvalue weighted by atomic mass is 10.1. The molecule has 0 unspecified atom stereocenters. The zero-order valence-corrected chi connectivity index (χ0v) is 23.0. The van der Waals surface area contributed by atoms with E-state index in [0.29, 0.717) is 28.1 Å². The van der Waals surface area contributed by atoms with Gasteiger partial charge in [-0.25, -0.2) is 0 Å². The summed E-state index contributed by atoms with van der Waals surface area (Å²) < 4.78 is 11.3. The summed E-state index contributed by atoms with van der Waals surface area (Å²) in [7, 11) is 1.45. The lowest BCUT2D eigenvalue weighted by molar-refractivity contribution is -0.127. The number of aryl methyl sites for hydroxylation is 2. The van der Waals surface area contributed by atoms with Gasteiger partial charge in [-0.05, 0) is 66.6 Å². The van der Waals surface area contributed by atoms with Gasteiger partial charge >= 0.3 is 0 Å². The van der Waals surface area contributed by atoms with E-state index in [2.05, 4.69) is 11.4 Å². The second-order valence-electron chi connectivity index (χ2n) is 8.67. The largest absolute Gasteiger partial charge is 0.493 e. The number of carbonyl (C=O) groups excluding carboxylic acids is 3. The lowest BCUT2D eigenvalue weighted by Crippen LogP contribution is -2.36. The average molecular weight is 562 g/mol. The standard InChI is InChI=1S/C29H24ClN3O5S/c1-17-7-6-8-18(2)26(17)32-25(34)15-33-28(35)24(39-29(33)36)13-19-11-22(30)27(23(12-19)37-3)38-16-21-10-5-4-9-20(21)14-31/h4-13H,15-16H2,1-3H3,(H,32,34)/b24-13-. The fraction of sp³-hybridized carbons (Fsp3) is 0.172. The van der Waals surface area contributed by atoms with Crippen LogP contribution >= 0.6 is 23.4 Å². The van der Waals surface area contributed by atoms with Crippen molar-refractivity contribution < 1.29 is 23.9 Å². The van der Waals surface area contributed by atoms with E-state index in [1.165, 1.54) is 13.2 Å².